The number of para-hydroxylation sites is 1. The van der Waals surface area contributed by atoms with E-state index in [1.54, 1.807) is 0 Å². The average molecular weight is 668 g/mol. The number of hydrogen-bond acceptors (Lipinski definition) is 2. The lowest BCUT2D eigenvalue weighted by molar-refractivity contribution is 0.406. The fourth-order valence-corrected chi connectivity index (χ4v) is 8.15. The molecule has 256 valence electrons. The summed E-state index contributed by atoms with van der Waals surface area (Å²) in [6.45, 7) is 13.7. The van der Waals surface area contributed by atoms with Crippen LogP contribution in [0.3, 0.4) is 0 Å². The molecule has 0 amide bonds. The Morgan fingerprint density at radius 1 is 0.627 bits per heavy atom. The van der Waals surface area contributed by atoms with E-state index >= 15 is 0 Å². The summed E-state index contributed by atoms with van der Waals surface area (Å²) in [4.78, 5) is 10.5. The molecule has 3 aromatic heterocycles. The molecule has 1 aliphatic rings. The van der Waals surface area contributed by atoms with E-state index in [-0.39, 0.29) is 10.8 Å². The van der Waals surface area contributed by atoms with Crippen molar-refractivity contribution in [2.45, 2.75) is 79.6 Å². The highest BCUT2D eigenvalue weighted by Gasteiger charge is 2.25. The molecule has 4 aromatic carbocycles. The van der Waals surface area contributed by atoms with Crippen LogP contribution in [0.1, 0.15) is 82.0 Å². The van der Waals surface area contributed by atoms with Gasteiger partial charge in [-0.25, -0.2) is 0 Å². The first-order chi connectivity index (χ1) is 24.5. The van der Waals surface area contributed by atoms with Crippen molar-refractivity contribution < 1.29 is 0 Å². The molecule has 0 saturated heterocycles. The number of aryl methyl sites for hydroxylation is 1. The molecule has 0 fully saturated rings. The van der Waals surface area contributed by atoms with Gasteiger partial charge in [-0.2, -0.15) is 0 Å². The Kier molecular flexibility index (Phi) is 8.41. The summed E-state index contributed by atoms with van der Waals surface area (Å²) in [5.74, 6) is 0.427. The van der Waals surface area contributed by atoms with E-state index in [9.17, 15) is 0 Å². The molecule has 51 heavy (non-hydrogen) atoms. The Bertz CT molecular complexity index is 2380. The van der Waals surface area contributed by atoms with Crippen molar-refractivity contribution in [3.8, 4) is 28.1 Å². The minimum Gasteiger partial charge on any atom is -0.308 e. The van der Waals surface area contributed by atoms with Gasteiger partial charge in [0.2, 0.25) is 0 Å². The minimum atomic E-state index is 0.180. The highest BCUT2D eigenvalue weighted by Crippen LogP contribution is 2.40. The Hall–Kier alpha value is -5.02. The number of pyridine rings is 2. The van der Waals surface area contributed by atoms with Crippen molar-refractivity contribution in [1.82, 2.24) is 14.5 Å². The molecule has 1 aliphatic carbocycles. The summed E-state index contributed by atoms with van der Waals surface area (Å²) in [6.07, 6.45) is 5.09. The zero-order chi connectivity index (χ0) is 35.3. The predicted octanol–water partition coefficient (Wildman–Crippen LogP) is 12.4. The van der Waals surface area contributed by atoms with Crippen LogP contribution in [0, 0.1) is 10.8 Å². The topological polar surface area (TPSA) is 30.7 Å². The molecule has 3 heteroatoms. The molecular weight excluding hydrogens is 619 g/mol. The molecule has 1 atom stereocenters. The number of fused-ring (bicyclic) bond motifs is 6. The summed E-state index contributed by atoms with van der Waals surface area (Å²) in [5.41, 5.74) is 16.4. The summed E-state index contributed by atoms with van der Waals surface area (Å²) >= 11 is 0. The van der Waals surface area contributed by atoms with Crippen molar-refractivity contribution in [3.05, 3.63) is 149 Å². The molecule has 3 heterocycles. The first-order valence-electron chi connectivity index (χ1n) is 18.7. The van der Waals surface area contributed by atoms with Gasteiger partial charge in [-0.3, -0.25) is 9.97 Å². The fourth-order valence-electron chi connectivity index (χ4n) is 8.15. The molecule has 0 aliphatic heterocycles. The molecule has 0 radical (unpaired) electrons. The van der Waals surface area contributed by atoms with Crippen LogP contribution in [-0.2, 0) is 25.7 Å². The van der Waals surface area contributed by atoms with Gasteiger partial charge in [0, 0.05) is 28.0 Å². The Morgan fingerprint density at radius 3 is 2.12 bits per heavy atom. The molecule has 1 unspecified atom stereocenters. The molecule has 0 saturated carbocycles. The van der Waals surface area contributed by atoms with Crippen LogP contribution in [0.25, 0.3) is 50.0 Å². The Morgan fingerprint density at radius 2 is 1.31 bits per heavy atom. The number of nitrogens with zero attached hydrogens (tertiary/aromatic N) is 3. The van der Waals surface area contributed by atoms with E-state index in [1.807, 2.05) is 0 Å². The molecule has 7 aromatic rings. The quantitative estimate of drug-likeness (QED) is 0.177. The number of benzene rings is 4. The first kappa shape index (κ1) is 33.1. The first-order valence-corrected chi connectivity index (χ1v) is 18.7. The average Bonchev–Trinajstić information content (AvgIpc) is 3.34. The summed E-state index contributed by atoms with van der Waals surface area (Å²) in [6, 6.07) is 45.0. The molecule has 0 bridgehead atoms. The molecule has 0 N–H and O–H groups in total. The normalized spacial score (nSPS) is 14.7. The van der Waals surface area contributed by atoms with Crippen molar-refractivity contribution in [2.24, 2.45) is 10.8 Å². The van der Waals surface area contributed by atoms with Crippen LogP contribution in [0.4, 0.5) is 0 Å². The minimum absolute atomic E-state index is 0.180. The maximum Gasteiger partial charge on any atom is 0.0966 e. The van der Waals surface area contributed by atoms with Gasteiger partial charge >= 0.3 is 0 Å². The summed E-state index contributed by atoms with van der Waals surface area (Å²) in [5, 5.41) is 1.20. The van der Waals surface area contributed by atoms with Crippen LogP contribution in [0.5, 0.6) is 0 Å². The third kappa shape index (κ3) is 6.87. The molecule has 3 nitrogen and oxygen atoms in total. The highest BCUT2D eigenvalue weighted by molar-refractivity contribution is 6.07. The number of hydrogen-bond donors (Lipinski definition) is 0. The lowest BCUT2D eigenvalue weighted by Crippen LogP contribution is -2.11. The standard InChI is InChI=1S/C48H49N3/c1-47(2,3)30-37-24-23-33-21-22-36(40-17-7-8-18-41(40)45(33)49-37)28-32-13-11-14-34(27-32)35-15-12-16-39(29-35)51-43-20-10-9-19-42(43)46-44(51)26-25-38(50-46)31-48(4,5)6/h7-20,23-27,29,36H,21-22,28,30-31H2,1-6H3. The van der Waals surface area contributed by atoms with Gasteiger partial charge in [0.1, 0.15) is 0 Å². The van der Waals surface area contributed by atoms with Crippen LogP contribution >= 0.6 is 0 Å². The van der Waals surface area contributed by atoms with Crippen molar-refractivity contribution in [3.63, 3.8) is 0 Å². The van der Waals surface area contributed by atoms with Crippen LogP contribution in [0.15, 0.2) is 121 Å². The zero-order valence-corrected chi connectivity index (χ0v) is 31.0. The SMILES string of the molecule is CC(C)(C)Cc1ccc2c(n1)-c1ccccc1C(Cc1cccc(-c3cccc(-n4c5ccccc5c5nc(CC(C)(C)C)ccc54)c3)c1)CC2. The van der Waals surface area contributed by atoms with E-state index in [1.165, 1.54) is 55.7 Å². The lowest BCUT2D eigenvalue weighted by atomic mass is 9.86. The van der Waals surface area contributed by atoms with Gasteiger partial charge < -0.3 is 4.57 Å². The van der Waals surface area contributed by atoms with Gasteiger partial charge in [0.05, 0.1) is 22.2 Å². The molecule has 0 spiro atoms. The number of rotatable bonds is 6. The third-order valence-electron chi connectivity index (χ3n) is 10.3. The van der Waals surface area contributed by atoms with Crippen molar-refractivity contribution >= 4 is 21.9 Å². The summed E-state index contributed by atoms with van der Waals surface area (Å²) in [7, 11) is 0. The Labute approximate surface area is 303 Å². The summed E-state index contributed by atoms with van der Waals surface area (Å²) < 4.78 is 2.38. The zero-order valence-electron chi connectivity index (χ0n) is 31.0. The lowest BCUT2D eigenvalue weighted by Gasteiger charge is -2.19. The highest BCUT2D eigenvalue weighted by atomic mass is 15.0. The van der Waals surface area contributed by atoms with Gasteiger partial charge in [0.25, 0.3) is 0 Å². The maximum absolute atomic E-state index is 5.27. The van der Waals surface area contributed by atoms with Gasteiger partial charge in [-0.1, -0.05) is 126 Å². The van der Waals surface area contributed by atoms with E-state index < -0.39 is 0 Å². The van der Waals surface area contributed by atoms with Gasteiger partial charge in [-0.15, -0.1) is 0 Å². The van der Waals surface area contributed by atoms with E-state index in [0.717, 1.165) is 54.5 Å². The monoisotopic (exact) mass is 667 g/mol. The van der Waals surface area contributed by atoms with E-state index in [4.69, 9.17) is 9.97 Å². The second-order valence-electron chi connectivity index (χ2n) is 17.1. The maximum atomic E-state index is 5.27. The largest absolute Gasteiger partial charge is 0.308 e. The van der Waals surface area contributed by atoms with E-state index in [0.29, 0.717) is 5.92 Å². The van der Waals surface area contributed by atoms with Crippen molar-refractivity contribution in [2.75, 3.05) is 0 Å². The smallest absolute Gasteiger partial charge is 0.0966 e. The van der Waals surface area contributed by atoms with Crippen LogP contribution in [-0.4, -0.2) is 14.5 Å². The van der Waals surface area contributed by atoms with Crippen LogP contribution < -0.4 is 0 Å². The number of aromatic nitrogens is 3. The van der Waals surface area contributed by atoms with Crippen molar-refractivity contribution in [1.29, 1.82) is 0 Å². The Balaban J connectivity index is 1.12. The second-order valence-corrected chi connectivity index (χ2v) is 17.1. The van der Waals surface area contributed by atoms with Crippen LogP contribution in [0.2, 0.25) is 0 Å². The van der Waals surface area contributed by atoms with E-state index in [2.05, 4.69) is 167 Å². The molecule has 8 rings (SSSR count). The second kappa shape index (κ2) is 12.9. The van der Waals surface area contributed by atoms with Gasteiger partial charge in [-0.05, 0) is 113 Å². The third-order valence-corrected chi connectivity index (χ3v) is 10.3. The molecular formula is C48H49N3. The predicted molar refractivity (Wildman–Crippen MR) is 215 cm³/mol. The fraction of sp³-hybridized carbons (Fsp3) is 0.292. The van der Waals surface area contributed by atoms with Gasteiger partial charge in [0.15, 0.2) is 0 Å².